The molecular formula is C13H16NO6PS. The third kappa shape index (κ3) is 3.05. The third-order valence-electron chi connectivity index (χ3n) is 3.48. The standard InChI is InChI=1S/C13H16NO6PS/c1-9(15)22-6-5-14-4-2-3-10-7-13(12(16)17,8-11(10)14)21(18,19)20/h2-3,7-8H,4-6H2,1H3,(H,16,17)(H2,18,19,20). The lowest BCUT2D eigenvalue weighted by molar-refractivity contribution is -0.137. The van der Waals surface area contributed by atoms with Crippen molar-refractivity contribution in [1.29, 1.82) is 0 Å². The van der Waals surface area contributed by atoms with Crippen LogP contribution in [-0.2, 0) is 14.2 Å². The second-order valence-electron chi connectivity index (χ2n) is 4.99. The zero-order chi connectivity index (χ0) is 16.5. The van der Waals surface area contributed by atoms with Crippen LogP contribution in [-0.4, -0.2) is 54.9 Å². The minimum Gasteiger partial charge on any atom is -0.480 e. The van der Waals surface area contributed by atoms with Crippen LogP contribution in [0.1, 0.15) is 6.92 Å². The Morgan fingerprint density at radius 1 is 1.41 bits per heavy atom. The molecule has 1 atom stereocenters. The van der Waals surface area contributed by atoms with Crippen molar-refractivity contribution in [3.8, 4) is 0 Å². The quantitative estimate of drug-likeness (QED) is 0.631. The summed E-state index contributed by atoms with van der Waals surface area (Å²) in [6.45, 7) is 2.44. The van der Waals surface area contributed by atoms with Gasteiger partial charge in [0, 0.05) is 31.5 Å². The second-order valence-corrected chi connectivity index (χ2v) is 8.09. The largest absolute Gasteiger partial charge is 0.480 e. The number of carbonyl (C=O) groups is 2. The fourth-order valence-electron chi connectivity index (χ4n) is 2.38. The van der Waals surface area contributed by atoms with Gasteiger partial charge in [-0.15, -0.1) is 0 Å². The van der Waals surface area contributed by atoms with Gasteiger partial charge in [0.05, 0.1) is 0 Å². The topological polar surface area (TPSA) is 115 Å². The Morgan fingerprint density at radius 2 is 2.09 bits per heavy atom. The highest BCUT2D eigenvalue weighted by Crippen LogP contribution is 2.56. The second kappa shape index (κ2) is 6.04. The predicted molar refractivity (Wildman–Crippen MR) is 82.4 cm³/mol. The van der Waals surface area contributed by atoms with E-state index in [2.05, 4.69) is 0 Å². The molecule has 0 fully saturated rings. The molecule has 0 radical (unpaired) electrons. The van der Waals surface area contributed by atoms with Crippen molar-refractivity contribution in [2.45, 2.75) is 12.1 Å². The maximum atomic E-state index is 11.7. The van der Waals surface area contributed by atoms with Crippen LogP contribution in [0.3, 0.4) is 0 Å². The number of rotatable bonds is 5. The summed E-state index contributed by atoms with van der Waals surface area (Å²) in [6, 6.07) is 0. The summed E-state index contributed by atoms with van der Waals surface area (Å²) in [7, 11) is -4.91. The van der Waals surface area contributed by atoms with Gasteiger partial charge in [0.2, 0.25) is 5.16 Å². The highest BCUT2D eigenvalue weighted by Gasteiger charge is 2.54. The van der Waals surface area contributed by atoms with E-state index in [0.29, 0.717) is 30.1 Å². The molecule has 2 rings (SSSR count). The SMILES string of the molecule is CC(=O)SCCN1CC=CC2=CC(C(=O)O)(P(=O)(O)O)C=C21. The number of fused-ring (bicyclic) bond motifs is 1. The van der Waals surface area contributed by atoms with Crippen molar-refractivity contribution < 1.29 is 29.0 Å². The number of hydrogen-bond donors (Lipinski definition) is 3. The van der Waals surface area contributed by atoms with E-state index < -0.39 is 18.7 Å². The van der Waals surface area contributed by atoms with E-state index in [9.17, 15) is 29.0 Å². The fraction of sp³-hybridized carbons (Fsp3) is 0.385. The predicted octanol–water partition coefficient (Wildman–Crippen LogP) is 0.963. The molecule has 2 aliphatic rings. The number of hydrogen-bond acceptors (Lipinski definition) is 5. The van der Waals surface area contributed by atoms with E-state index in [4.69, 9.17) is 0 Å². The molecule has 0 spiro atoms. The van der Waals surface area contributed by atoms with Crippen LogP contribution < -0.4 is 0 Å². The molecule has 1 aliphatic heterocycles. The van der Waals surface area contributed by atoms with Gasteiger partial charge in [0.25, 0.3) is 0 Å². The Bertz CT molecular complexity index is 649. The lowest BCUT2D eigenvalue weighted by Crippen LogP contribution is -2.33. The molecule has 0 amide bonds. The highest BCUT2D eigenvalue weighted by molar-refractivity contribution is 8.13. The molecule has 0 saturated carbocycles. The summed E-state index contributed by atoms with van der Waals surface area (Å²) in [5.74, 6) is -1.06. The summed E-state index contributed by atoms with van der Waals surface area (Å²) in [6.07, 6.45) is 5.67. The van der Waals surface area contributed by atoms with E-state index in [1.165, 1.54) is 6.92 Å². The first kappa shape index (κ1) is 17.0. The number of aliphatic carboxylic acids is 1. The average Bonchev–Trinajstić information content (AvgIpc) is 2.79. The van der Waals surface area contributed by atoms with Gasteiger partial charge in [-0.1, -0.05) is 23.9 Å². The third-order valence-corrected chi connectivity index (χ3v) is 5.69. The molecule has 0 aromatic carbocycles. The molecule has 0 aromatic heterocycles. The van der Waals surface area contributed by atoms with Gasteiger partial charge < -0.3 is 19.8 Å². The molecule has 0 bridgehead atoms. The van der Waals surface area contributed by atoms with Crippen LogP contribution >= 0.6 is 19.4 Å². The number of allylic oxidation sites excluding steroid dienone is 1. The van der Waals surface area contributed by atoms with Crippen LogP contribution in [0, 0.1) is 0 Å². The number of carboxylic acid groups (broad SMARTS) is 1. The highest BCUT2D eigenvalue weighted by atomic mass is 32.2. The van der Waals surface area contributed by atoms with Crippen LogP contribution in [0.4, 0.5) is 0 Å². The monoisotopic (exact) mass is 345 g/mol. The van der Waals surface area contributed by atoms with Crippen molar-refractivity contribution in [1.82, 2.24) is 4.90 Å². The van der Waals surface area contributed by atoms with Gasteiger partial charge >= 0.3 is 13.6 Å². The molecule has 1 aliphatic carbocycles. The Morgan fingerprint density at radius 3 is 2.64 bits per heavy atom. The van der Waals surface area contributed by atoms with Gasteiger partial charge in [-0.2, -0.15) is 0 Å². The smallest absolute Gasteiger partial charge is 0.350 e. The lowest BCUT2D eigenvalue weighted by Gasteiger charge is -2.28. The molecule has 0 aromatic rings. The van der Waals surface area contributed by atoms with Crippen molar-refractivity contribution in [3.05, 3.63) is 35.6 Å². The van der Waals surface area contributed by atoms with Crippen molar-refractivity contribution >= 4 is 30.4 Å². The van der Waals surface area contributed by atoms with Crippen LogP contribution in [0.15, 0.2) is 35.6 Å². The number of nitrogens with zero attached hydrogens (tertiary/aromatic N) is 1. The summed E-state index contributed by atoms with van der Waals surface area (Å²) in [4.78, 5) is 43.2. The summed E-state index contributed by atoms with van der Waals surface area (Å²) in [5, 5.41) is 6.97. The number of carboxylic acids is 1. The van der Waals surface area contributed by atoms with Crippen molar-refractivity contribution in [2.75, 3.05) is 18.8 Å². The van der Waals surface area contributed by atoms with Gasteiger partial charge in [-0.3, -0.25) is 14.2 Å². The van der Waals surface area contributed by atoms with E-state index in [0.717, 1.165) is 23.9 Å². The van der Waals surface area contributed by atoms with Crippen LogP contribution in [0.2, 0.25) is 0 Å². The Balaban J connectivity index is 2.32. The minimum atomic E-state index is -4.91. The first-order valence-corrected chi connectivity index (χ1v) is 9.07. The molecule has 3 N–H and O–H groups in total. The Kier molecular flexibility index (Phi) is 4.67. The average molecular weight is 345 g/mol. The zero-order valence-electron chi connectivity index (χ0n) is 11.8. The summed E-state index contributed by atoms with van der Waals surface area (Å²) >= 11 is 1.15. The molecule has 0 saturated heterocycles. The van der Waals surface area contributed by atoms with E-state index in [1.807, 2.05) is 4.90 Å². The zero-order valence-corrected chi connectivity index (χ0v) is 13.5. The van der Waals surface area contributed by atoms with Crippen LogP contribution in [0.25, 0.3) is 0 Å². The van der Waals surface area contributed by atoms with E-state index >= 15 is 0 Å². The normalized spacial score (nSPS) is 23.9. The maximum Gasteiger partial charge on any atom is 0.350 e. The molecule has 1 heterocycles. The molecule has 1 unspecified atom stereocenters. The fourth-order valence-corrected chi connectivity index (χ4v) is 3.83. The first-order valence-electron chi connectivity index (χ1n) is 6.47. The number of thioether (sulfide) groups is 1. The van der Waals surface area contributed by atoms with Crippen molar-refractivity contribution in [2.24, 2.45) is 0 Å². The molecule has 9 heteroatoms. The first-order chi connectivity index (χ1) is 10.2. The maximum absolute atomic E-state index is 11.7. The lowest BCUT2D eigenvalue weighted by atomic mass is 10.1. The van der Waals surface area contributed by atoms with Crippen molar-refractivity contribution in [3.63, 3.8) is 0 Å². The molecular weight excluding hydrogens is 329 g/mol. The van der Waals surface area contributed by atoms with Gasteiger partial charge in [0.15, 0.2) is 5.12 Å². The van der Waals surface area contributed by atoms with Crippen LogP contribution in [0.5, 0.6) is 0 Å². The van der Waals surface area contributed by atoms with Gasteiger partial charge in [0.1, 0.15) is 0 Å². The molecule has 120 valence electrons. The minimum absolute atomic E-state index is 0.0150. The Labute approximate surface area is 131 Å². The summed E-state index contributed by atoms with van der Waals surface area (Å²) < 4.78 is 11.7. The molecule has 7 nitrogen and oxygen atoms in total. The van der Waals surface area contributed by atoms with Gasteiger partial charge in [-0.25, -0.2) is 0 Å². The van der Waals surface area contributed by atoms with Gasteiger partial charge in [-0.05, 0) is 17.7 Å². The summed E-state index contributed by atoms with van der Waals surface area (Å²) in [5.41, 5.74) is 0.960. The number of carbonyl (C=O) groups excluding carboxylic acids is 1. The van der Waals surface area contributed by atoms with E-state index in [-0.39, 0.29) is 5.12 Å². The van der Waals surface area contributed by atoms with E-state index in [1.54, 1.807) is 12.2 Å². The Hall–Kier alpha value is -1.34. The molecule has 22 heavy (non-hydrogen) atoms.